The summed E-state index contributed by atoms with van der Waals surface area (Å²) in [5, 5.41) is 0. The van der Waals surface area contributed by atoms with Gasteiger partial charge in [-0.15, -0.1) is 0 Å². The normalized spacial score (nSPS) is 21.7. The molecule has 0 spiro atoms. The molecule has 2 rings (SSSR count). The van der Waals surface area contributed by atoms with Crippen molar-refractivity contribution >= 4 is 5.69 Å². The second-order valence-corrected chi connectivity index (χ2v) is 5.94. The number of rotatable bonds is 4. The highest BCUT2D eigenvalue weighted by Crippen LogP contribution is 2.30. The summed E-state index contributed by atoms with van der Waals surface area (Å²) in [7, 11) is 0. The fourth-order valence-corrected chi connectivity index (χ4v) is 2.87. The molecule has 1 aliphatic rings. The van der Waals surface area contributed by atoms with E-state index in [0.717, 1.165) is 32.0 Å². The van der Waals surface area contributed by atoms with Crippen LogP contribution in [0.3, 0.4) is 0 Å². The first-order valence-electron chi connectivity index (χ1n) is 7.35. The maximum absolute atomic E-state index is 12.7. The van der Waals surface area contributed by atoms with E-state index in [4.69, 9.17) is 5.73 Å². The van der Waals surface area contributed by atoms with Crippen molar-refractivity contribution in [3.05, 3.63) is 23.5 Å². The summed E-state index contributed by atoms with van der Waals surface area (Å²) in [5.41, 5.74) is 5.17. The zero-order chi connectivity index (χ0) is 15.6. The largest absolute Gasteiger partial charge is 0.433 e. The molecule has 2 heterocycles. The van der Waals surface area contributed by atoms with E-state index in [-0.39, 0.29) is 5.69 Å². The van der Waals surface area contributed by atoms with Gasteiger partial charge in [0.05, 0.1) is 5.69 Å². The monoisotopic (exact) mass is 301 g/mol. The Kier molecular flexibility index (Phi) is 4.76. The van der Waals surface area contributed by atoms with Crippen molar-refractivity contribution in [2.24, 2.45) is 11.8 Å². The number of nitrogens with two attached hydrogens (primary N) is 1. The molecule has 21 heavy (non-hydrogen) atoms. The van der Waals surface area contributed by atoms with E-state index in [0.29, 0.717) is 24.1 Å². The number of nitrogen functional groups attached to an aromatic ring is 1. The molecule has 1 aromatic rings. The van der Waals surface area contributed by atoms with Crippen LogP contribution in [0.25, 0.3) is 0 Å². The van der Waals surface area contributed by atoms with Gasteiger partial charge >= 0.3 is 6.18 Å². The Morgan fingerprint density at radius 1 is 1.43 bits per heavy atom. The van der Waals surface area contributed by atoms with Crippen molar-refractivity contribution in [1.82, 2.24) is 9.88 Å². The maximum atomic E-state index is 12.7. The van der Waals surface area contributed by atoms with Crippen LogP contribution in [0, 0.1) is 11.8 Å². The van der Waals surface area contributed by atoms with E-state index in [1.54, 1.807) is 0 Å². The number of halogens is 3. The van der Waals surface area contributed by atoms with Crippen LogP contribution < -0.4 is 5.73 Å². The Labute approximate surface area is 123 Å². The van der Waals surface area contributed by atoms with Gasteiger partial charge in [-0.25, -0.2) is 4.98 Å². The number of nitrogens with zero attached hydrogens (tertiary/aromatic N) is 2. The molecule has 0 amide bonds. The predicted molar refractivity (Wildman–Crippen MR) is 76.5 cm³/mol. The summed E-state index contributed by atoms with van der Waals surface area (Å²) in [6.07, 6.45) is -2.22. The average molecular weight is 301 g/mol. The van der Waals surface area contributed by atoms with Gasteiger partial charge in [0.15, 0.2) is 0 Å². The van der Waals surface area contributed by atoms with E-state index >= 15 is 0 Å². The van der Waals surface area contributed by atoms with Crippen LogP contribution in [-0.2, 0) is 12.7 Å². The van der Waals surface area contributed by atoms with Crippen LogP contribution in [0.4, 0.5) is 18.9 Å². The minimum atomic E-state index is -4.45. The second kappa shape index (κ2) is 6.22. The number of hydrogen-bond donors (Lipinski definition) is 1. The van der Waals surface area contributed by atoms with E-state index in [1.807, 2.05) is 0 Å². The third kappa shape index (κ3) is 4.09. The first-order chi connectivity index (χ1) is 9.79. The number of alkyl halides is 3. The molecule has 0 aliphatic carbocycles. The Balaban J connectivity index is 2.06. The van der Waals surface area contributed by atoms with Gasteiger partial charge in [0.1, 0.15) is 5.69 Å². The summed E-state index contributed by atoms with van der Waals surface area (Å²) in [5.74, 6) is 1.27. The molecule has 0 saturated carbocycles. The van der Waals surface area contributed by atoms with Crippen molar-refractivity contribution in [2.45, 2.75) is 39.4 Å². The molecule has 0 bridgehead atoms. The van der Waals surface area contributed by atoms with Crippen molar-refractivity contribution in [2.75, 3.05) is 18.8 Å². The molecular formula is C15H22F3N3. The van der Waals surface area contributed by atoms with Gasteiger partial charge in [-0.05, 0) is 36.9 Å². The summed E-state index contributed by atoms with van der Waals surface area (Å²) >= 11 is 0. The summed E-state index contributed by atoms with van der Waals surface area (Å²) in [6, 6.07) is 2.42. The molecule has 1 aliphatic heterocycles. The van der Waals surface area contributed by atoms with Crippen molar-refractivity contribution in [3.63, 3.8) is 0 Å². The standard InChI is InChI=1S/C15H22F3N3/c1-3-10(2)11-4-5-21(8-11)9-13-6-12(19)7-14(20-13)15(16,17)18/h6-7,10-11H,3-5,8-9H2,1-2H3,(H2,19,20). The van der Waals surface area contributed by atoms with Gasteiger partial charge in [0, 0.05) is 18.8 Å². The summed E-state index contributed by atoms with van der Waals surface area (Å²) in [6.45, 7) is 6.66. The molecule has 1 saturated heterocycles. The third-order valence-corrected chi connectivity index (χ3v) is 4.33. The number of likely N-dealkylation sites (tertiary alicyclic amines) is 1. The molecular weight excluding hydrogens is 279 g/mol. The smallest absolute Gasteiger partial charge is 0.399 e. The molecule has 3 nitrogen and oxygen atoms in total. The fourth-order valence-electron chi connectivity index (χ4n) is 2.87. The van der Waals surface area contributed by atoms with E-state index in [2.05, 4.69) is 23.7 Å². The zero-order valence-corrected chi connectivity index (χ0v) is 12.5. The Morgan fingerprint density at radius 3 is 2.76 bits per heavy atom. The first kappa shape index (κ1) is 16.1. The lowest BCUT2D eigenvalue weighted by Gasteiger charge is -2.19. The number of pyridine rings is 1. The molecule has 1 fully saturated rings. The summed E-state index contributed by atoms with van der Waals surface area (Å²) < 4.78 is 38.2. The first-order valence-corrected chi connectivity index (χ1v) is 7.35. The number of aromatic nitrogens is 1. The lowest BCUT2D eigenvalue weighted by molar-refractivity contribution is -0.141. The lowest BCUT2D eigenvalue weighted by atomic mass is 9.91. The minimum Gasteiger partial charge on any atom is -0.399 e. The molecule has 2 unspecified atom stereocenters. The van der Waals surface area contributed by atoms with Crippen LogP contribution >= 0.6 is 0 Å². The Morgan fingerprint density at radius 2 is 2.14 bits per heavy atom. The van der Waals surface area contributed by atoms with E-state index in [9.17, 15) is 13.2 Å². The zero-order valence-electron chi connectivity index (χ0n) is 12.5. The highest BCUT2D eigenvalue weighted by molar-refractivity contribution is 5.41. The molecule has 6 heteroatoms. The Hall–Kier alpha value is -1.30. The molecule has 1 aromatic heterocycles. The quantitative estimate of drug-likeness (QED) is 0.924. The number of hydrogen-bond acceptors (Lipinski definition) is 3. The van der Waals surface area contributed by atoms with Gasteiger partial charge in [-0.2, -0.15) is 13.2 Å². The molecule has 2 N–H and O–H groups in total. The van der Waals surface area contributed by atoms with Gasteiger partial charge in [0.2, 0.25) is 0 Å². The average Bonchev–Trinajstić information content (AvgIpc) is 2.84. The third-order valence-electron chi connectivity index (χ3n) is 4.33. The van der Waals surface area contributed by atoms with Gasteiger partial charge < -0.3 is 5.73 Å². The van der Waals surface area contributed by atoms with Crippen LogP contribution in [0.1, 0.15) is 38.1 Å². The maximum Gasteiger partial charge on any atom is 0.433 e. The second-order valence-electron chi connectivity index (χ2n) is 5.94. The lowest BCUT2D eigenvalue weighted by Crippen LogP contribution is -2.23. The van der Waals surface area contributed by atoms with Crippen molar-refractivity contribution in [1.29, 1.82) is 0 Å². The van der Waals surface area contributed by atoms with E-state index < -0.39 is 11.9 Å². The molecule has 0 aromatic carbocycles. The highest BCUT2D eigenvalue weighted by Gasteiger charge is 2.33. The van der Waals surface area contributed by atoms with Crippen LogP contribution in [0.2, 0.25) is 0 Å². The topological polar surface area (TPSA) is 42.1 Å². The van der Waals surface area contributed by atoms with Crippen LogP contribution in [0.15, 0.2) is 12.1 Å². The van der Waals surface area contributed by atoms with Crippen molar-refractivity contribution in [3.8, 4) is 0 Å². The summed E-state index contributed by atoms with van der Waals surface area (Å²) in [4.78, 5) is 5.88. The van der Waals surface area contributed by atoms with Gasteiger partial charge in [-0.1, -0.05) is 20.3 Å². The van der Waals surface area contributed by atoms with Crippen LogP contribution in [-0.4, -0.2) is 23.0 Å². The van der Waals surface area contributed by atoms with Gasteiger partial charge in [-0.3, -0.25) is 4.90 Å². The predicted octanol–water partition coefficient (Wildman–Crippen LogP) is 3.55. The molecule has 0 radical (unpaired) electrons. The minimum absolute atomic E-state index is 0.116. The van der Waals surface area contributed by atoms with Crippen LogP contribution in [0.5, 0.6) is 0 Å². The van der Waals surface area contributed by atoms with E-state index in [1.165, 1.54) is 6.07 Å². The Bertz CT molecular complexity index is 488. The number of anilines is 1. The molecule has 2 atom stereocenters. The fraction of sp³-hybridized carbons (Fsp3) is 0.667. The van der Waals surface area contributed by atoms with Gasteiger partial charge in [0.25, 0.3) is 0 Å². The SMILES string of the molecule is CCC(C)C1CCN(Cc2cc(N)cc(C(F)(F)F)n2)C1. The molecule has 118 valence electrons. The highest BCUT2D eigenvalue weighted by atomic mass is 19.4. The van der Waals surface area contributed by atoms with Crippen molar-refractivity contribution < 1.29 is 13.2 Å².